The highest BCUT2D eigenvalue weighted by Gasteiger charge is 2.81. The van der Waals surface area contributed by atoms with E-state index in [0.29, 0.717) is 0 Å². The van der Waals surface area contributed by atoms with Crippen LogP contribution >= 0.6 is 11.6 Å². The van der Waals surface area contributed by atoms with Crippen molar-refractivity contribution in [2.75, 3.05) is 0 Å². The fourth-order valence-corrected chi connectivity index (χ4v) is 1.17. The number of aliphatic hydroxyl groups excluding tert-OH is 1. The molecule has 0 rings (SSSR count). The molecule has 110 valence electrons. The van der Waals surface area contributed by atoms with Crippen LogP contribution in [0.15, 0.2) is 0 Å². The van der Waals surface area contributed by atoms with Crippen molar-refractivity contribution in [2.24, 2.45) is 0 Å². The molecule has 1 N–H and O–H groups in total. The van der Waals surface area contributed by atoms with Crippen LogP contribution in [0.2, 0.25) is 0 Å². The smallest absolute Gasteiger partial charge is 0.387 e. The van der Waals surface area contributed by atoms with Gasteiger partial charge in [0.05, 0.1) is 0 Å². The van der Waals surface area contributed by atoms with Gasteiger partial charge in [-0.25, -0.2) is 0 Å². The maximum atomic E-state index is 12.9. The lowest BCUT2D eigenvalue weighted by molar-refractivity contribution is -0.364. The van der Waals surface area contributed by atoms with Gasteiger partial charge in [-0.1, -0.05) is 13.3 Å². The largest absolute Gasteiger partial charge is 0.392 e. The first kappa shape index (κ1) is 17.7. The Balaban J connectivity index is 5.49. The molecular formula is C8H9ClF8O. The summed E-state index contributed by atoms with van der Waals surface area (Å²) in [5.41, 5.74) is 0. The summed E-state index contributed by atoms with van der Waals surface area (Å²) in [4.78, 5) is 0. The quantitative estimate of drug-likeness (QED) is 0.583. The zero-order valence-electron chi connectivity index (χ0n) is 8.84. The Kier molecular flexibility index (Phi) is 4.91. The second kappa shape index (κ2) is 4.99. The molecule has 1 atom stereocenters. The van der Waals surface area contributed by atoms with Crippen molar-refractivity contribution in [1.82, 2.24) is 0 Å². The highest BCUT2D eigenvalue weighted by Crippen LogP contribution is 2.55. The molecule has 1 nitrogen and oxygen atoms in total. The number of hydrogen-bond donors (Lipinski definition) is 1. The van der Waals surface area contributed by atoms with E-state index >= 15 is 0 Å². The van der Waals surface area contributed by atoms with Gasteiger partial charge in [-0.3, -0.25) is 0 Å². The zero-order valence-corrected chi connectivity index (χ0v) is 9.60. The van der Waals surface area contributed by atoms with Crippen molar-refractivity contribution in [2.45, 2.75) is 49.0 Å². The standard InChI is InChI=1S/C8H9ClF8O/c1-2-3-4(18)5(10,11)6(12,13)7(14,15)8(9,16)17/h4,18H,2-3H2,1H3. The first-order chi connectivity index (χ1) is 7.73. The minimum atomic E-state index is -6.51. The van der Waals surface area contributed by atoms with Gasteiger partial charge >= 0.3 is 23.1 Å². The van der Waals surface area contributed by atoms with E-state index < -0.39 is 35.7 Å². The topological polar surface area (TPSA) is 20.2 Å². The van der Waals surface area contributed by atoms with Crippen molar-refractivity contribution in [3.8, 4) is 0 Å². The van der Waals surface area contributed by atoms with Gasteiger partial charge < -0.3 is 5.11 Å². The summed E-state index contributed by atoms with van der Waals surface area (Å²) in [6, 6.07) is 0. The van der Waals surface area contributed by atoms with Crippen molar-refractivity contribution in [3.05, 3.63) is 0 Å². The fourth-order valence-electron chi connectivity index (χ4n) is 1.05. The molecule has 0 amide bonds. The summed E-state index contributed by atoms with van der Waals surface area (Å²) < 4.78 is 101. The van der Waals surface area contributed by atoms with Crippen LogP contribution < -0.4 is 0 Å². The second-order valence-corrected chi connectivity index (χ2v) is 4.05. The van der Waals surface area contributed by atoms with Gasteiger partial charge in [0.1, 0.15) is 6.10 Å². The van der Waals surface area contributed by atoms with Crippen molar-refractivity contribution < 1.29 is 40.2 Å². The molecule has 0 fully saturated rings. The van der Waals surface area contributed by atoms with Gasteiger partial charge in [0.2, 0.25) is 0 Å². The van der Waals surface area contributed by atoms with Crippen LogP contribution in [0, 0.1) is 0 Å². The van der Waals surface area contributed by atoms with Crippen LogP contribution in [0.25, 0.3) is 0 Å². The molecule has 0 aromatic carbocycles. The Hall–Kier alpha value is -0.310. The lowest BCUT2D eigenvalue weighted by Gasteiger charge is -2.36. The molecule has 0 heterocycles. The van der Waals surface area contributed by atoms with Gasteiger partial charge in [-0.2, -0.15) is 35.1 Å². The molecule has 0 aliphatic rings. The first-order valence-corrected chi connectivity index (χ1v) is 4.99. The van der Waals surface area contributed by atoms with Crippen LogP contribution in [0.5, 0.6) is 0 Å². The highest BCUT2D eigenvalue weighted by molar-refractivity contribution is 6.22. The van der Waals surface area contributed by atoms with E-state index in [1.165, 1.54) is 6.92 Å². The molecule has 18 heavy (non-hydrogen) atoms. The van der Waals surface area contributed by atoms with E-state index in [9.17, 15) is 35.1 Å². The summed E-state index contributed by atoms with van der Waals surface area (Å²) >= 11 is 3.72. The monoisotopic (exact) mass is 308 g/mol. The van der Waals surface area contributed by atoms with Crippen LogP contribution in [0.1, 0.15) is 19.8 Å². The molecule has 0 aliphatic heterocycles. The maximum Gasteiger partial charge on any atom is 0.392 e. The second-order valence-electron chi connectivity index (χ2n) is 3.57. The molecule has 10 heteroatoms. The molecular weight excluding hydrogens is 300 g/mol. The van der Waals surface area contributed by atoms with E-state index in [1.807, 2.05) is 0 Å². The third-order valence-electron chi connectivity index (χ3n) is 2.15. The Morgan fingerprint density at radius 1 is 0.944 bits per heavy atom. The fraction of sp³-hybridized carbons (Fsp3) is 1.00. The summed E-state index contributed by atoms with van der Waals surface area (Å²) in [6.45, 7) is 1.20. The summed E-state index contributed by atoms with van der Waals surface area (Å²) in [5, 5.41) is 2.81. The minimum absolute atomic E-state index is 0.240. The highest BCUT2D eigenvalue weighted by atomic mass is 35.5. The van der Waals surface area contributed by atoms with E-state index in [-0.39, 0.29) is 6.42 Å². The van der Waals surface area contributed by atoms with E-state index in [2.05, 4.69) is 11.6 Å². The lowest BCUT2D eigenvalue weighted by Crippen LogP contribution is -2.64. The summed E-state index contributed by atoms with van der Waals surface area (Å²) in [7, 11) is 0. The zero-order chi connectivity index (χ0) is 15.0. The van der Waals surface area contributed by atoms with Gasteiger partial charge in [-0.15, -0.1) is 0 Å². The molecule has 0 aromatic rings. The number of hydrogen-bond acceptors (Lipinski definition) is 1. The third-order valence-corrected chi connectivity index (χ3v) is 2.39. The Morgan fingerprint density at radius 2 is 1.33 bits per heavy atom. The van der Waals surface area contributed by atoms with Gasteiger partial charge in [-0.05, 0) is 18.0 Å². The average molecular weight is 309 g/mol. The molecule has 0 saturated carbocycles. The number of halogens is 9. The summed E-state index contributed by atoms with van der Waals surface area (Å²) in [5.74, 6) is -18.8. The lowest BCUT2D eigenvalue weighted by atomic mass is 9.97. The van der Waals surface area contributed by atoms with Crippen LogP contribution in [0.4, 0.5) is 35.1 Å². The Labute approximate surface area is 102 Å². The molecule has 0 bridgehead atoms. The van der Waals surface area contributed by atoms with Gasteiger partial charge in [0, 0.05) is 0 Å². The van der Waals surface area contributed by atoms with Crippen molar-refractivity contribution in [3.63, 3.8) is 0 Å². The predicted octanol–water partition coefficient (Wildman–Crippen LogP) is 3.88. The normalized spacial score (nSPS) is 16.8. The number of aliphatic hydroxyl groups is 1. The molecule has 0 aliphatic carbocycles. The molecule has 1 unspecified atom stereocenters. The van der Waals surface area contributed by atoms with Gasteiger partial charge in [0.25, 0.3) is 0 Å². The maximum absolute atomic E-state index is 12.9. The van der Waals surface area contributed by atoms with E-state index in [4.69, 9.17) is 5.11 Å². The molecule has 0 aromatic heterocycles. The predicted molar refractivity (Wildman–Crippen MR) is 46.6 cm³/mol. The van der Waals surface area contributed by atoms with E-state index in [0.717, 1.165) is 0 Å². The third kappa shape index (κ3) is 2.66. The Bertz CT molecular complexity index is 287. The number of alkyl halides is 9. The first-order valence-electron chi connectivity index (χ1n) is 4.61. The van der Waals surface area contributed by atoms with Crippen LogP contribution in [-0.4, -0.2) is 34.4 Å². The molecule has 0 spiro atoms. The Morgan fingerprint density at radius 3 is 1.61 bits per heavy atom. The van der Waals surface area contributed by atoms with E-state index in [1.54, 1.807) is 0 Å². The molecule has 0 saturated heterocycles. The van der Waals surface area contributed by atoms with Crippen LogP contribution in [-0.2, 0) is 0 Å². The number of rotatable bonds is 6. The summed E-state index contributed by atoms with van der Waals surface area (Å²) in [6.07, 6.45) is -4.40. The van der Waals surface area contributed by atoms with Gasteiger partial charge in [0.15, 0.2) is 0 Å². The van der Waals surface area contributed by atoms with Crippen molar-refractivity contribution >= 4 is 11.6 Å². The van der Waals surface area contributed by atoms with Crippen LogP contribution in [0.3, 0.4) is 0 Å². The SMILES string of the molecule is CCCC(O)C(F)(F)C(F)(F)C(F)(F)C(F)(F)Cl. The average Bonchev–Trinajstić information content (AvgIpc) is 2.15. The minimum Gasteiger partial charge on any atom is -0.387 e. The van der Waals surface area contributed by atoms with Crippen molar-refractivity contribution in [1.29, 1.82) is 0 Å². The molecule has 0 radical (unpaired) electrons.